The van der Waals surface area contributed by atoms with Gasteiger partial charge >= 0.3 is 12.1 Å². The molecule has 0 aliphatic heterocycles. The van der Waals surface area contributed by atoms with E-state index in [2.05, 4.69) is 31.6 Å². The number of benzene rings is 1. The van der Waals surface area contributed by atoms with Crippen LogP contribution < -0.4 is 15.8 Å². The molecule has 0 unspecified atom stereocenters. The minimum absolute atomic E-state index is 0.240. The lowest BCUT2D eigenvalue weighted by molar-refractivity contribution is -0.192. The second-order valence-corrected chi connectivity index (χ2v) is 6.33. The predicted molar refractivity (Wildman–Crippen MR) is 99.5 cm³/mol. The summed E-state index contributed by atoms with van der Waals surface area (Å²) >= 11 is 3.44. The lowest BCUT2D eigenvalue weighted by Gasteiger charge is -2.06. The van der Waals surface area contributed by atoms with E-state index in [9.17, 15) is 18.0 Å². The average molecular weight is 482 g/mol. The Hall–Kier alpha value is -2.67. The number of nitrogens with one attached hydrogen (secondary N) is 1. The number of carboxylic acids is 1. The second-order valence-electron chi connectivity index (χ2n) is 5.47. The molecule has 29 heavy (non-hydrogen) atoms. The predicted octanol–water partition coefficient (Wildman–Crippen LogP) is 1.81. The molecule has 1 amide bonds. The van der Waals surface area contributed by atoms with Gasteiger partial charge in [-0.2, -0.15) is 13.2 Å². The van der Waals surface area contributed by atoms with Gasteiger partial charge in [-0.05, 0) is 46.6 Å². The number of methoxy groups -OCH3 is 1. The molecule has 0 aliphatic carbocycles. The molecule has 1 aromatic carbocycles. The fourth-order valence-corrected chi connectivity index (χ4v) is 2.46. The lowest BCUT2D eigenvalue weighted by Crippen LogP contribution is -2.26. The third-order valence-electron chi connectivity index (χ3n) is 3.24. The van der Waals surface area contributed by atoms with Crippen molar-refractivity contribution in [1.82, 2.24) is 20.3 Å². The molecule has 0 fully saturated rings. The summed E-state index contributed by atoms with van der Waals surface area (Å²) in [6.07, 6.45) is -2.73. The monoisotopic (exact) mass is 481 g/mol. The van der Waals surface area contributed by atoms with Crippen molar-refractivity contribution in [3.05, 3.63) is 40.1 Å². The summed E-state index contributed by atoms with van der Waals surface area (Å²) in [4.78, 5) is 20.7. The van der Waals surface area contributed by atoms with E-state index in [0.29, 0.717) is 25.3 Å². The zero-order valence-corrected chi connectivity index (χ0v) is 16.8. The van der Waals surface area contributed by atoms with Crippen molar-refractivity contribution in [1.29, 1.82) is 0 Å². The molecule has 0 saturated heterocycles. The van der Waals surface area contributed by atoms with Crippen LogP contribution in [0.1, 0.15) is 22.5 Å². The molecule has 9 nitrogen and oxygen atoms in total. The molecule has 0 aliphatic rings. The van der Waals surface area contributed by atoms with Crippen LogP contribution in [0.4, 0.5) is 13.2 Å². The number of rotatable bonds is 7. The Balaban J connectivity index is 0.000000516. The van der Waals surface area contributed by atoms with Gasteiger partial charge in [-0.15, -0.1) is 5.10 Å². The van der Waals surface area contributed by atoms with Gasteiger partial charge in [0.2, 0.25) is 0 Å². The number of hydrogen-bond acceptors (Lipinski definition) is 6. The maximum Gasteiger partial charge on any atom is 0.490 e. The molecular weight excluding hydrogens is 463 g/mol. The van der Waals surface area contributed by atoms with Gasteiger partial charge in [0.25, 0.3) is 5.91 Å². The van der Waals surface area contributed by atoms with E-state index >= 15 is 0 Å². The molecule has 1 aromatic heterocycles. The molecule has 0 saturated carbocycles. The fourth-order valence-electron chi connectivity index (χ4n) is 1.87. The molecule has 0 radical (unpaired) electrons. The number of ether oxygens (including phenoxy) is 1. The number of nitrogens with zero attached hydrogens (tertiary/aromatic N) is 3. The molecule has 0 spiro atoms. The van der Waals surface area contributed by atoms with Crippen LogP contribution >= 0.6 is 15.9 Å². The molecular formula is C16H19BrF3N5O4. The Labute approximate surface area is 172 Å². The number of amides is 1. The minimum atomic E-state index is -5.08. The third-order valence-corrected chi connectivity index (χ3v) is 3.86. The summed E-state index contributed by atoms with van der Waals surface area (Å²) in [5.74, 6) is -2.23. The molecule has 13 heteroatoms. The van der Waals surface area contributed by atoms with Crippen molar-refractivity contribution in [3.8, 4) is 5.75 Å². The number of hydrogen-bond donors (Lipinski definition) is 3. The second kappa shape index (κ2) is 11.4. The number of aromatic nitrogens is 3. The van der Waals surface area contributed by atoms with E-state index in [4.69, 9.17) is 20.4 Å². The van der Waals surface area contributed by atoms with Crippen molar-refractivity contribution in [2.24, 2.45) is 5.73 Å². The largest absolute Gasteiger partial charge is 0.496 e. The maximum absolute atomic E-state index is 11.8. The molecule has 1 heterocycles. The standard InChI is InChI=1S/C14H18BrN5O2.C2HF3O2/c1-22-13-4-3-10(7-11(13)15)8-20-9-12(18-19-20)14(21)17-6-2-5-16;3-2(4,5)1(6)7/h3-4,7,9H,2,5-6,8,16H2,1H3,(H,17,21);(H,6,7). The highest BCUT2D eigenvalue weighted by atomic mass is 79.9. The number of carbonyl (C=O) groups is 2. The zero-order chi connectivity index (χ0) is 22.0. The number of carboxylic acid groups (broad SMARTS) is 1. The van der Waals surface area contributed by atoms with Crippen LogP contribution in [0.25, 0.3) is 0 Å². The molecule has 4 N–H and O–H groups in total. The normalized spacial score (nSPS) is 10.7. The topological polar surface area (TPSA) is 132 Å². The van der Waals surface area contributed by atoms with Crippen molar-refractivity contribution in [3.63, 3.8) is 0 Å². The number of alkyl halides is 3. The van der Waals surface area contributed by atoms with Crippen LogP contribution in [0.5, 0.6) is 5.75 Å². The van der Waals surface area contributed by atoms with Crippen molar-refractivity contribution in [2.45, 2.75) is 19.1 Å². The smallest absolute Gasteiger partial charge is 0.490 e. The first-order chi connectivity index (χ1) is 13.6. The highest BCUT2D eigenvalue weighted by Crippen LogP contribution is 2.25. The molecule has 2 aromatic rings. The molecule has 0 atom stereocenters. The van der Waals surface area contributed by atoms with Gasteiger partial charge in [0, 0.05) is 6.54 Å². The van der Waals surface area contributed by atoms with Crippen molar-refractivity contribution >= 4 is 27.8 Å². The highest BCUT2D eigenvalue weighted by molar-refractivity contribution is 9.10. The van der Waals surface area contributed by atoms with Gasteiger partial charge in [-0.25, -0.2) is 9.48 Å². The summed E-state index contributed by atoms with van der Waals surface area (Å²) in [5, 5.41) is 17.7. The number of aliphatic carboxylic acids is 1. The Morgan fingerprint density at radius 2 is 2.03 bits per heavy atom. The first-order valence-corrected chi connectivity index (χ1v) is 8.88. The van der Waals surface area contributed by atoms with Gasteiger partial charge in [-0.1, -0.05) is 11.3 Å². The van der Waals surface area contributed by atoms with Gasteiger partial charge < -0.3 is 20.9 Å². The van der Waals surface area contributed by atoms with E-state index in [1.54, 1.807) is 18.0 Å². The SMILES string of the molecule is COc1ccc(Cn2cc(C(=O)NCCCN)nn2)cc1Br.O=C(O)C(F)(F)F. The molecule has 2 rings (SSSR count). The van der Waals surface area contributed by atoms with E-state index in [1.165, 1.54) is 0 Å². The van der Waals surface area contributed by atoms with Gasteiger partial charge in [0.15, 0.2) is 5.69 Å². The maximum atomic E-state index is 11.8. The van der Waals surface area contributed by atoms with Crippen molar-refractivity contribution < 1.29 is 32.6 Å². The van der Waals surface area contributed by atoms with Crippen LogP contribution in [0, 0.1) is 0 Å². The fraction of sp³-hybridized carbons (Fsp3) is 0.375. The summed E-state index contributed by atoms with van der Waals surface area (Å²) in [6.45, 7) is 1.60. The highest BCUT2D eigenvalue weighted by Gasteiger charge is 2.38. The van der Waals surface area contributed by atoms with E-state index in [0.717, 1.165) is 22.2 Å². The van der Waals surface area contributed by atoms with Crippen LogP contribution in [-0.2, 0) is 11.3 Å². The number of carbonyl (C=O) groups excluding carboxylic acids is 1. The first kappa shape index (κ1) is 24.4. The molecule has 0 bridgehead atoms. The van der Waals surface area contributed by atoms with Gasteiger partial charge in [-0.3, -0.25) is 4.79 Å². The first-order valence-electron chi connectivity index (χ1n) is 8.09. The number of nitrogens with two attached hydrogens (primary N) is 1. The number of halogens is 4. The van der Waals surface area contributed by atoms with Crippen molar-refractivity contribution in [2.75, 3.05) is 20.2 Å². The summed E-state index contributed by atoms with van der Waals surface area (Å²) in [5.41, 5.74) is 6.70. The van der Waals surface area contributed by atoms with E-state index < -0.39 is 12.1 Å². The Morgan fingerprint density at radius 1 is 1.38 bits per heavy atom. The Morgan fingerprint density at radius 3 is 2.55 bits per heavy atom. The van der Waals surface area contributed by atoms with E-state index in [-0.39, 0.29) is 5.91 Å². The quantitative estimate of drug-likeness (QED) is 0.513. The minimum Gasteiger partial charge on any atom is -0.496 e. The Kier molecular flexibility index (Phi) is 9.55. The van der Waals surface area contributed by atoms with Crippen LogP contribution in [0.3, 0.4) is 0 Å². The third kappa shape index (κ3) is 8.48. The Bertz CT molecular complexity index is 829. The summed E-state index contributed by atoms with van der Waals surface area (Å²) in [7, 11) is 1.62. The average Bonchev–Trinajstić information content (AvgIpc) is 3.10. The van der Waals surface area contributed by atoms with Gasteiger partial charge in [0.05, 0.1) is 24.3 Å². The summed E-state index contributed by atoms with van der Waals surface area (Å²) in [6, 6.07) is 5.75. The van der Waals surface area contributed by atoms with Gasteiger partial charge in [0.1, 0.15) is 5.75 Å². The zero-order valence-electron chi connectivity index (χ0n) is 15.2. The molecule has 160 valence electrons. The van der Waals surface area contributed by atoms with Crippen LogP contribution in [-0.4, -0.2) is 58.4 Å². The van der Waals surface area contributed by atoms with E-state index in [1.807, 2.05) is 18.2 Å². The van der Waals surface area contributed by atoms with Crippen LogP contribution in [0.2, 0.25) is 0 Å². The lowest BCUT2D eigenvalue weighted by atomic mass is 10.2. The summed E-state index contributed by atoms with van der Waals surface area (Å²) < 4.78 is 39.4. The van der Waals surface area contributed by atoms with Crippen LogP contribution in [0.15, 0.2) is 28.9 Å².